The topological polar surface area (TPSA) is 3.24 Å². The molecule has 0 saturated heterocycles. The van der Waals surface area contributed by atoms with Gasteiger partial charge >= 0.3 is 0 Å². The summed E-state index contributed by atoms with van der Waals surface area (Å²) in [4.78, 5) is 2.56. The summed E-state index contributed by atoms with van der Waals surface area (Å²) in [6.45, 7) is 0. The molecule has 2 heteroatoms. The monoisotopic (exact) mass is 705 g/mol. The zero-order chi connectivity index (χ0) is 35.6. The highest BCUT2D eigenvalue weighted by Gasteiger charge is 2.23. The van der Waals surface area contributed by atoms with Crippen LogP contribution in [0, 0.1) is 0 Å². The van der Waals surface area contributed by atoms with Crippen molar-refractivity contribution >= 4 is 91.5 Å². The Bertz CT molecular complexity index is 3180. The van der Waals surface area contributed by atoms with Gasteiger partial charge in [0, 0.05) is 26.9 Å². The summed E-state index contributed by atoms with van der Waals surface area (Å²) >= 11 is 1.90. The Morgan fingerprint density at radius 3 is 1.76 bits per heavy atom. The molecule has 0 saturated carbocycles. The molecule has 0 radical (unpaired) electrons. The van der Waals surface area contributed by atoms with Crippen LogP contribution in [0.15, 0.2) is 194 Å². The summed E-state index contributed by atoms with van der Waals surface area (Å²) in [5.41, 5.74) is 8.75. The van der Waals surface area contributed by atoms with E-state index in [0.29, 0.717) is 0 Å². The summed E-state index contributed by atoms with van der Waals surface area (Å²) in [6, 6.07) is 65.0. The molecule has 254 valence electrons. The first-order chi connectivity index (χ1) is 26.8. The van der Waals surface area contributed by atoms with Crippen molar-refractivity contribution in [2.45, 2.75) is 12.8 Å². The maximum atomic E-state index is 2.56. The molecule has 0 unspecified atom stereocenters. The van der Waals surface area contributed by atoms with Crippen molar-refractivity contribution in [2.75, 3.05) is 4.90 Å². The first-order valence-electron chi connectivity index (χ1n) is 18.8. The average molecular weight is 706 g/mol. The van der Waals surface area contributed by atoms with E-state index in [9.17, 15) is 0 Å². The highest BCUT2D eigenvalue weighted by molar-refractivity contribution is 7.26. The summed E-state index contributed by atoms with van der Waals surface area (Å²) in [5.74, 6) is 0. The number of anilines is 2. The lowest BCUT2D eigenvalue weighted by Crippen LogP contribution is -2.18. The van der Waals surface area contributed by atoms with Crippen LogP contribution in [0.3, 0.4) is 0 Å². The lowest BCUT2D eigenvalue weighted by atomic mass is 9.90. The lowest BCUT2D eigenvalue weighted by Gasteiger charge is -2.31. The van der Waals surface area contributed by atoms with Gasteiger partial charge in [-0.1, -0.05) is 146 Å². The number of hydrogen-bond acceptors (Lipinski definition) is 2. The van der Waals surface area contributed by atoms with E-state index in [1.54, 1.807) is 0 Å². The van der Waals surface area contributed by atoms with Crippen molar-refractivity contribution in [3.63, 3.8) is 0 Å². The molecule has 0 bridgehead atoms. The van der Waals surface area contributed by atoms with Gasteiger partial charge in [-0.2, -0.15) is 0 Å². The molecule has 0 N–H and O–H groups in total. The van der Waals surface area contributed by atoms with Gasteiger partial charge in [0.15, 0.2) is 0 Å². The van der Waals surface area contributed by atoms with Crippen LogP contribution >= 0.6 is 11.3 Å². The number of fused-ring (bicyclic) bond motifs is 9. The van der Waals surface area contributed by atoms with Gasteiger partial charge in [-0.25, -0.2) is 0 Å². The number of nitrogens with zero attached hydrogens (tertiary/aromatic N) is 1. The fourth-order valence-corrected chi connectivity index (χ4v) is 10.0. The van der Waals surface area contributed by atoms with Crippen molar-refractivity contribution in [2.24, 2.45) is 0 Å². The number of rotatable bonds is 5. The van der Waals surface area contributed by atoms with Gasteiger partial charge in [0.2, 0.25) is 0 Å². The molecule has 0 aliphatic heterocycles. The molecule has 9 aromatic carbocycles. The number of allylic oxidation sites excluding steroid dienone is 4. The number of benzene rings is 9. The Morgan fingerprint density at radius 1 is 0.444 bits per heavy atom. The Hall–Kier alpha value is -6.48. The molecule has 1 aromatic heterocycles. The fraction of sp³-hybridized carbons (Fsp3) is 0.0385. The van der Waals surface area contributed by atoms with E-state index in [1.165, 1.54) is 103 Å². The van der Waals surface area contributed by atoms with Gasteiger partial charge in [0.1, 0.15) is 0 Å². The molecule has 1 nitrogen and oxygen atoms in total. The summed E-state index contributed by atoms with van der Waals surface area (Å²) in [6.07, 6.45) is 6.82. The second-order valence-corrected chi connectivity index (χ2v) is 15.4. The van der Waals surface area contributed by atoms with Crippen LogP contribution in [0.25, 0.3) is 80.0 Å². The normalized spacial score (nSPS) is 13.3. The number of hydrogen-bond donors (Lipinski definition) is 0. The molecule has 1 heterocycles. The molecule has 54 heavy (non-hydrogen) atoms. The highest BCUT2D eigenvalue weighted by atomic mass is 32.1. The third-order valence-electron chi connectivity index (χ3n) is 11.3. The minimum atomic E-state index is 0.944. The molecular weight excluding hydrogens is 671 g/mol. The molecule has 11 rings (SSSR count). The minimum absolute atomic E-state index is 0.944. The third-order valence-corrected chi connectivity index (χ3v) is 12.5. The average Bonchev–Trinajstić information content (AvgIpc) is 3.63. The Labute approximate surface area is 318 Å². The van der Waals surface area contributed by atoms with Crippen LogP contribution in [0.1, 0.15) is 18.4 Å². The van der Waals surface area contributed by atoms with Crippen molar-refractivity contribution in [3.8, 4) is 11.1 Å². The van der Waals surface area contributed by atoms with Crippen molar-refractivity contribution in [3.05, 3.63) is 199 Å². The first-order valence-corrected chi connectivity index (χ1v) is 19.6. The molecular formula is C52H35NS. The van der Waals surface area contributed by atoms with E-state index in [-0.39, 0.29) is 0 Å². The summed E-state index contributed by atoms with van der Waals surface area (Å²) < 4.78 is 2.63. The predicted molar refractivity (Wildman–Crippen MR) is 235 cm³/mol. The van der Waals surface area contributed by atoms with Gasteiger partial charge in [0.05, 0.1) is 10.4 Å². The van der Waals surface area contributed by atoms with Crippen molar-refractivity contribution in [1.29, 1.82) is 0 Å². The maximum absolute atomic E-state index is 2.56. The lowest BCUT2D eigenvalue weighted by molar-refractivity contribution is 0.924. The van der Waals surface area contributed by atoms with Crippen LogP contribution in [-0.2, 0) is 0 Å². The van der Waals surface area contributed by atoms with E-state index in [4.69, 9.17) is 0 Å². The highest BCUT2D eigenvalue weighted by Crippen LogP contribution is 2.46. The predicted octanol–water partition coefficient (Wildman–Crippen LogP) is 15.2. The molecule has 1 aliphatic rings. The van der Waals surface area contributed by atoms with Gasteiger partial charge in [-0.15, -0.1) is 11.3 Å². The molecule has 10 aromatic rings. The third kappa shape index (κ3) is 4.99. The molecule has 0 fully saturated rings. The maximum Gasteiger partial charge on any atom is 0.0637 e. The molecule has 0 atom stereocenters. The fourth-order valence-electron chi connectivity index (χ4n) is 8.82. The minimum Gasteiger partial charge on any atom is -0.313 e. The zero-order valence-corrected chi connectivity index (χ0v) is 30.5. The van der Waals surface area contributed by atoms with Gasteiger partial charge in [-0.05, 0) is 121 Å². The Balaban J connectivity index is 1.14. The Morgan fingerprint density at radius 2 is 1.02 bits per heavy atom. The summed E-state index contributed by atoms with van der Waals surface area (Å²) in [7, 11) is 0. The van der Waals surface area contributed by atoms with Crippen LogP contribution < -0.4 is 4.90 Å². The van der Waals surface area contributed by atoms with Crippen LogP contribution in [0.2, 0.25) is 0 Å². The second-order valence-electron chi connectivity index (χ2n) is 14.4. The van der Waals surface area contributed by atoms with Gasteiger partial charge in [0.25, 0.3) is 0 Å². The van der Waals surface area contributed by atoms with Crippen LogP contribution in [-0.4, -0.2) is 0 Å². The van der Waals surface area contributed by atoms with Gasteiger partial charge < -0.3 is 4.90 Å². The zero-order valence-electron chi connectivity index (χ0n) is 29.7. The van der Waals surface area contributed by atoms with Crippen molar-refractivity contribution < 1.29 is 0 Å². The SMILES string of the molecule is C1=C(c2cc3ccccc3c3ccccc23)C=C(N(c2cccc(-c3cc4ccccc4c4ccccc34)c2)c2cccc3c2sc2ccccc23)CC1. The largest absolute Gasteiger partial charge is 0.313 e. The van der Waals surface area contributed by atoms with Crippen LogP contribution in [0.5, 0.6) is 0 Å². The van der Waals surface area contributed by atoms with E-state index < -0.39 is 0 Å². The van der Waals surface area contributed by atoms with E-state index >= 15 is 0 Å². The quantitative estimate of drug-likeness (QED) is 0.161. The Kier molecular flexibility index (Phi) is 7.24. The molecule has 0 spiro atoms. The van der Waals surface area contributed by atoms with Crippen molar-refractivity contribution in [1.82, 2.24) is 0 Å². The summed E-state index contributed by atoms with van der Waals surface area (Å²) in [5, 5.41) is 12.9. The van der Waals surface area contributed by atoms with Crippen LogP contribution in [0.4, 0.5) is 11.4 Å². The van der Waals surface area contributed by atoms with Gasteiger partial charge in [-0.3, -0.25) is 0 Å². The van der Waals surface area contributed by atoms with E-state index in [1.807, 2.05) is 11.3 Å². The smallest absolute Gasteiger partial charge is 0.0637 e. The van der Waals surface area contributed by atoms with E-state index in [0.717, 1.165) is 12.8 Å². The second kappa shape index (κ2) is 12.6. The van der Waals surface area contributed by atoms with E-state index in [2.05, 4.69) is 193 Å². The standard InChI is InChI=1S/C52H35NS/c1-3-20-40-36(14-1)32-48(44-24-7-5-22-42(40)44)34-16-11-18-38(30-34)53(50-28-13-27-47-46-26-9-10-29-51(46)54-52(47)50)39-19-12-17-35(31-39)49-33-37-15-2-4-21-41(37)43-23-6-8-25-45(43)49/h1-11,13-18,20-33H,12,19H2. The number of thiophene rings is 1. The first kappa shape index (κ1) is 31.1. The molecule has 1 aliphatic carbocycles. The molecule has 0 amide bonds.